The van der Waals surface area contributed by atoms with Crippen molar-refractivity contribution in [2.75, 3.05) is 17.2 Å². The van der Waals surface area contributed by atoms with Gasteiger partial charge in [-0.3, -0.25) is 14.5 Å². The number of thioether (sulfide) groups is 1. The van der Waals surface area contributed by atoms with Gasteiger partial charge < -0.3 is 5.73 Å². The summed E-state index contributed by atoms with van der Waals surface area (Å²) in [5, 5.41) is 0.925. The highest BCUT2D eigenvalue weighted by Crippen LogP contribution is 2.35. The number of carbonyl (C=O) groups excluding carboxylic acids is 2. The van der Waals surface area contributed by atoms with Gasteiger partial charge in [0.25, 0.3) is 0 Å². The third-order valence-electron chi connectivity index (χ3n) is 3.92. The molecular formula is C14H19N3O2S2. The van der Waals surface area contributed by atoms with Crippen LogP contribution in [0.3, 0.4) is 0 Å². The van der Waals surface area contributed by atoms with Crippen LogP contribution in [-0.2, 0) is 22.4 Å². The Balaban J connectivity index is 1.70. The van der Waals surface area contributed by atoms with Crippen molar-refractivity contribution in [1.29, 1.82) is 0 Å². The fourth-order valence-corrected chi connectivity index (χ4v) is 4.73. The van der Waals surface area contributed by atoms with Crippen LogP contribution in [-0.4, -0.2) is 34.3 Å². The zero-order valence-electron chi connectivity index (χ0n) is 12.0. The first-order valence-electron chi connectivity index (χ1n) is 7.21. The minimum atomic E-state index is 0.111. The Morgan fingerprint density at radius 1 is 1.52 bits per heavy atom. The number of anilines is 1. The molecule has 7 heteroatoms. The number of hydrogen-bond donors (Lipinski definition) is 1. The normalized spacial score (nSPS) is 25.2. The van der Waals surface area contributed by atoms with E-state index in [1.165, 1.54) is 16.6 Å². The third kappa shape index (κ3) is 3.30. The van der Waals surface area contributed by atoms with Crippen molar-refractivity contribution in [1.82, 2.24) is 4.98 Å². The smallest absolute Gasteiger partial charge is 0.229 e. The van der Waals surface area contributed by atoms with Crippen LogP contribution in [0.1, 0.15) is 30.3 Å². The highest BCUT2D eigenvalue weighted by Gasteiger charge is 2.33. The molecule has 0 aromatic carbocycles. The number of nitrogens with two attached hydrogens (primary N) is 1. The van der Waals surface area contributed by atoms with Crippen molar-refractivity contribution in [3.8, 4) is 0 Å². The zero-order chi connectivity index (χ0) is 15.0. The number of aryl methyl sites for hydroxylation is 1. The first kappa shape index (κ1) is 15.0. The number of hydrogen-bond acceptors (Lipinski definition) is 6. The second-order valence-corrected chi connectivity index (χ2v) is 8.01. The molecule has 1 aliphatic carbocycles. The predicted molar refractivity (Wildman–Crippen MR) is 85.7 cm³/mol. The predicted octanol–water partition coefficient (Wildman–Crippen LogP) is 1.59. The lowest BCUT2D eigenvalue weighted by atomic mass is 9.99. The lowest BCUT2D eigenvalue weighted by Crippen LogP contribution is -2.27. The van der Waals surface area contributed by atoms with Crippen molar-refractivity contribution in [3.63, 3.8) is 0 Å². The Hall–Kier alpha value is -0.920. The van der Waals surface area contributed by atoms with Gasteiger partial charge in [0.1, 0.15) is 0 Å². The highest BCUT2D eigenvalue weighted by atomic mass is 32.2. The molecule has 0 bridgehead atoms. The molecule has 0 radical (unpaired) electrons. The van der Waals surface area contributed by atoms with E-state index in [9.17, 15) is 9.59 Å². The molecule has 1 aromatic rings. The van der Waals surface area contributed by atoms with Gasteiger partial charge >= 0.3 is 0 Å². The topological polar surface area (TPSA) is 76.3 Å². The van der Waals surface area contributed by atoms with E-state index in [4.69, 9.17) is 5.73 Å². The monoisotopic (exact) mass is 325 g/mol. The first-order chi connectivity index (χ1) is 10.0. The standard InChI is InChI=1S/C14H19N3O2S2/c1-8(18)20-7-9-4-13(19)17(6-9)14-16-11-3-2-10(15)5-12(11)21-14/h9-10H,2-7,15H2,1H3/t9?,10-/m0/s1. The molecule has 1 amide bonds. The molecule has 1 saturated heterocycles. The van der Waals surface area contributed by atoms with E-state index in [1.807, 2.05) is 0 Å². The number of thiazole rings is 1. The molecule has 2 N–H and O–H groups in total. The maximum absolute atomic E-state index is 12.2. The molecule has 21 heavy (non-hydrogen) atoms. The largest absolute Gasteiger partial charge is 0.327 e. The van der Waals surface area contributed by atoms with Gasteiger partial charge in [0.2, 0.25) is 5.91 Å². The average Bonchev–Trinajstić information content (AvgIpc) is 2.99. The molecule has 1 unspecified atom stereocenters. The van der Waals surface area contributed by atoms with Gasteiger partial charge in [0, 0.05) is 36.6 Å². The van der Waals surface area contributed by atoms with E-state index in [1.54, 1.807) is 23.2 Å². The summed E-state index contributed by atoms with van der Waals surface area (Å²) in [5.74, 6) is 1.09. The quantitative estimate of drug-likeness (QED) is 0.913. The van der Waals surface area contributed by atoms with E-state index < -0.39 is 0 Å². The van der Waals surface area contributed by atoms with Crippen LogP contribution in [0.5, 0.6) is 0 Å². The second kappa shape index (κ2) is 6.06. The molecule has 1 fully saturated rings. The molecule has 3 rings (SSSR count). The number of amides is 1. The van der Waals surface area contributed by atoms with E-state index in [0.29, 0.717) is 18.7 Å². The molecular weight excluding hydrogens is 306 g/mol. The summed E-state index contributed by atoms with van der Waals surface area (Å²) in [4.78, 5) is 30.9. The summed E-state index contributed by atoms with van der Waals surface area (Å²) >= 11 is 2.91. The van der Waals surface area contributed by atoms with E-state index >= 15 is 0 Å². The Bertz CT molecular complexity index is 573. The minimum Gasteiger partial charge on any atom is -0.327 e. The van der Waals surface area contributed by atoms with Crippen LogP contribution >= 0.6 is 23.1 Å². The molecule has 2 aliphatic rings. The lowest BCUT2D eigenvalue weighted by molar-refractivity contribution is -0.117. The van der Waals surface area contributed by atoms with Crippen LogP contribution in [0.15, 0.2) is 0 Å². The number of carbonyl (C=O) groups is 2. The SMILES string of the molecule is CC(=O)SCC1CC(=O)N(c2nc3c(s2)C[C@@H](N)CC3)C1. The summed E-state index contributed by atoms with van der Waals surface area (Å²) in [7, 11) is 0. The van der Waals surface area contributed by atoms with Gasteiger partial charge in [-0.2, -0.15) is 0 Å². The van der Waals surface area contributed by atoms with Crippen molar-refractivity contribution < 1.29 is 9.59 Å². The van der Waals surface area contributed by atoms with Crippen LogP contribution in [0.4, 0.5) is 5.13 Å². The number of nitrogens with zero attached hydrogens (tertiary/aromatic N) is 2. The Kier molecular flexibility index (Phi) is 4.33. The molecule has 0 spiro atoms. The first-order valence-corrected chi connectivity index (χ1v) is 9.01. The van der Waals surface area contributed by atoms with Crippen LogP contribution < -0.4 is 10.6 Å². The zero-order valence-corrected chi connectivity index (χ0v) is 13.6. The fourth-order valence-electron chi connectivity index (χ4n) is 2.82. The Labute approximate surface area is 132 Å². The Morgan fingerprint density at radius 3 is 3.10 bits per heavy atom. The maximum Gasteiger partial charge on any atom is 0.229 e. The molecule has 0 saturated carbocycles. The van der Waals surface area contributed by atoms with Crippen molar-refractivity contribution >= 4 is 39.3 Å². The van der Waals surface area contributed by atoms with E-state index in [2.05, 4.69) is 4.98 Å². The molecule has 1 aliphatic heterocycles. The third-order valence-corrected chi connectivity index (χ3v) is 6.11. The fraction of sp³-hybridized carbons (Fsp3) is 0.643. The van der Waals surface area contributed by atoms with Crippen molar-refractivity contribution in [3.05, 3.63) is 10.6 Å². The van der Waals surface area contributed by atoms with Gasteiger partial charge in [0.05, 0.1) is 5.69 Å². The number of aromatic nitrogens is 1. The van der Waals surface area contributed by atoms with Gasteiger partial charge in [-0.15, -0.1) is 11.3 Å². The molecule has 2 atom stereocenters. The maximum atomic E-state index is 12.2. The molecule has 5 nitrogen and oxygen atoms in total. The second-order valence-electron chi connectivity index (χ2n) is 5.75. The number of fused-ring (bicyclic) bond motifs is 1. The minimum absolute atomic E-state index is 0.111. The molecule has 1 aromatic heterocycles. The van der Waals surface area contributed by atoms with Gasteiger partial charge in [-0.25, -0.2) is 4.98 Å². The summed E-state index contributed by atoms with van der Waals surface area (Å²) in [6.07, 6.45) is 3.28. The van der Waals surface area contributed by atoms with Crippen LogP contribution in [0.25, 0.3) is 0 Å². The van der Waals surface area contributed by atoms with Crippen molar-refractivity contribution in [2.24, 2.45) is 11.7 Å². The van der Waals surface area contributed by atoms with Gasteiger partial charge in [0.15, 0.2) is 10.2 Å². The summed E-state index contributed by atoms with van der Waals surface area (Å²) in [6.45, 7) is 2.24. The summed E-state index contributed by atoms with van der Waals surface area (Å²) in [6, 6.07) is 0.222. The van der Waals surface area contributed by atoms with Crippen LogP contribution in [0, 0.1) is 5.92 Å². The molecule has 2 heterocycles. The highest BCUT2D eigenvalue weighted by molar-refractivity contribution is 8.13. The summed E-state index contributed by atoms with van der Waals surface area (Å²) < 4.78 is 0. The van der Waals surface area contributed by atoms with E-state index in [-0.39, 0.29) is 23.0 Å². The average molecular weight is 325 g/mol. The number of rotatable bonds is 3. The van der Waals surface area contributed by atoms with Crippen LogP contribution in [0.2, 0.25) is 0 Å². The Morgan fingerprint density at radius 2 is 2.33 bits per heavy atom. The molecule has 114 valence electrons. The van der Waals surface area contributed by atoms with Gasteiger partial charge in [-0.1, -0.05) is 11.8 Å². The summed E-state index contributed by atoms with van der Waals surface area (Å²) in [5.41, 5.74) is 7.11. The lowest BCUT2D eigenvalue weighted by Gasteiger charge is -2.15. The van der Waals surface area contributed by atoms with Gasteiger partial charge in [-0.05, 0) is 25.2 Å². The van der Waals surface area contributed by atoms with E-state index in [0.717, 1.165) is 30.1 Å². The van der Waals surface area contributed by atoms with Crippen molar-refractivity contribution in [2.45, 2.75) is 38.6 Å².